The van der Waals surface area contributed by atoms with Crippen LogP contribution in [0.25, 0.3) is 0 Å². The van der Waals surface area contributed by atoms with Crippen molar-refractivity contribution < 1.29 is 4.79 Å². The molecular weight excluding hydrogens is 260 g/mol. The van der Waals surface area contributed by atoms with Crippen LogP contribution >= 0.6 is 0 Å². The Morgan fingerprint density at radius 3 is 2.48 bits per heavy atom. The van der Waals surface area contributed by atoms with Crippen LogP contribution in [0.5, 0.6) is 0 Å². The predicted octanol–water partition coefficient (Wildman–Crippen LogP) is 3.54. The van der Waals surface area contributed by atoms with Gasteiger partial charge in [-0.25, -0.2) is 0 Å². The standard InChI is InChI=1S/C18H26N2O/c1-4-14(3)20-16(15-9-7-13(2)8-10-15)19-18(17(20)21)11-5-6-12-18/h7-10,14,16,19H,4-6,11-12H2,1-3H3. The highest BCUT2D eigenvalue weighted by molar-refractivity contribution is 5.89. The molecule has 21 heavy (non-hydrogen) atoms. The van der Waals surface area contributed by atoms with E-state index < -0.39 is 0 Å². The molecule has 3 heteroatoms. The minimum absolute atomic E-state index is 0.0335. The third-order valence-corrected chi connectivity index (χ3v) is 5.25. The van der Waals surface area contributed by atoms with E-state index in [1.54, 1.807) is 0 Å². The first kappa shape index (κ1) is 14.6. The summed E-state index contributed by atoms with van der Waals surface area (Å²) in [4.78, 5) is 15.1. The molecule has 1 aliphatic heterocycles. The Hall–Kier alpha value is -1.35. The monoisotopic (exact) mass is 286 g/mol. The van der Waals surface area contributed by atoms with Crippen molar-refractivity contribution >= 4 is 5.91 Å². The minimum Gasteiger partial charge on any atom is -0.319 e. The number of rotatable bonds is 3. The van der Waals surface area contributed by atoms with Crippen molar-refractivity contribution in [1.29, 1.82) is 0 Å². The molecule has 0 radical (unpaired) electrons. The number of nitrogens with zero attached hydrogens (tertiary/aromatic N) is 1. The van der Waals surface area contributed by atoms with Gasteiger partial charge in [0.15, 0.2) is 0 Å². The highest BCUT2D eigenvalue weighted by atomic mass is 16.2. The molecule has 1 aromatic rings. The van der Waals surface area contributed by atoms with Crippen molar-refractivity contribution in [2.75, 3.05) is 0 Å². The lowest BCUT2D eigenvalue weighted by Crippen LogP contribution is -2.45. The molecule has 1 heterocycles. The molecule has 3 rings (SSSR count). The Kier molecular flexibility index (Phi) is 3.78. The third-order valence-electron chi connectivity index (χ3n) is 5.25. The van der Waals surface area contributed by atoms with Crippen molar-refractivity contribution in [2.45, 2.75) is 70.6 Å². The fraction of sp³-hybridized carbons (Fsp3) is 0.611. The van der Waals surface area contributed by atoms with Crippen molar-refractivity contribution in [3.05, 3.63) is 35.4 Å². The molecule has 2 aliphatic rings. The van der Waals surface area contributed by atoms with Gasteiger partial charge in [-0.3, -0.25) is 10.1 Å². The van der Waals surface area contributed by atoms with Crippen molar-refractivity contribution in [2.24, 2.45) is 0 Å². The molecular formula is C18H26N2O. The number of aryl methyl sites for hydroxylation is 1. The second kappa shape index (κ2) is 5.45. The summed E-state index contributed by atoms with van der Waals surface area (Å²) < 4.78 is 0. The van der Waals surface area contributed by atoms with Crippen molar-refractivity contribution in [3.8, 4) is 0 Å². The van der Waals surface area contributed by atoms with Gasteiger partial charge in [0, 0.05) is 6.04 Å². The number of carbonyl (C=O) groups is 1. The summed E-state index contributed by atoms with van der Waals surface area (Å²) in [6.07, 6.45) is 5.32. The van der Waals surface area contributed by atoms with Gasteiger partial charge < -0.3 is 4.90 Å². The Morgan fingerprint density at radius 1 is 1.29 bits per heavy atom. The van der Waals surface area contributed by atoms with E-state index in [0.717, 1.165) is 32.1 Å². The maximum absolute atomic E-state index is 13.0. The summed E-state index contributed by atoms with van der Waals surface area (Å²) in [5, 5.41) is 3.69. The van der Waals surface area contributed by atoms with E-state index >= 15 is 0 Å². The maximum atomic E-state index is 13.0. The van der Waals surface area contributed by atoms with Gasteiger partial charge in [0.25, 0.3) is 0 Å². The molecule has 1 aliphatic carbocycles. The zero-order valence-corrected chi connectivity index (χ0v) is 13.4. The van der Waals surface area contributed by atoms with Gasteiger partial charge in [-0.05, 0) is 38.7 Å². The second-order valence-electron chi connectivity index (χ2n) is 6.72. The van der Waals surface area contributed by atoms with E-state index in [9.17, 15) is 4.79 Å². The van der Waals surface area contributed by atoms with Crippen LogP contribution in [0.2, 0.25) is 0 Å². The van der Waals surface area contributed by atoms with Gasteiger partial charge >= 0.3 is 0 Å². The quantitative estimate of drug-likeness (QED) is 0.922. The van der Waals surface area contributed by atoms with Gasteiger partial charge in [0.05, 0.1) is 5.54 Å². The molecule has 1 aromatic carbocycles. The average Bonchev–Trinajstić information content (AvgIpc) is 3.07. The number of nitrogens with one attached hydrogen (secondary N) is 1. The molecule has 1 saturated heterocycles. The Bertz CT molecular complexity index is 517. The largest absolute Gasteiger partial charge is 0.319 e. The number of carbonyl (C=O) groups excluding carboxylic acids is 1. The van der Waals surface area contributed by atoms with E-state index in [1.165, 1.54) is 11.1 Å². The molecule has 0 aromatic heterocycles. The second-order valence-corrected chi connectivity index (χ2v) is 6.72. The van der Waals surface area contributed by atoms with Gasteiger partial charge in [-0.1, -0.05) is 49.6 Å². The van der Waals surface area contributed by atoms with Crippen LogP contribution in [0.3, 0.4) is 0 Å². The topological polar surface area (TPSA) is 32.3 Å². The SMILES string of the molecule is CCC(C)N1C(=O)C2(CCCC2)NC1c1ccc(C)cc1. The number of hydrogen-bond acceptors (Lipinski definition) is 2. The van der Waals surface area contributed by atoms with Gasteiger partial charge in [-0.2, -0.15) is 0 Å². The molecule has 114 valence electrons. The van der Waals surface area contributed by atoms with E-state index in [1.807, 2.05) is 0 Å². The molecule has 2 fully saturated rings. The number of hydrogen-bond donors (Lipinski definition) is 1. The summed E-state index contributed by atoms with van der Waals surface area (Å²) in [6.45, 7) is 6.42. The minimum atomic E-state index is -0.293. The van der Waals surface area contributed by atoms with Crippen LogP contribution in [0.1, 0.15) is 63.2 Å². The van der Waals surface area contributed by atoms with Crippen LogP contribution in [0.15, 0.2) is 24.3 Å². The molecule has 2 unspecified atom stereocenters. The van der Waals surface area contributed by atoms with Crippen LogP contribution in [-0.2, 0) is 4.79 Å². The highest BCUT2D eigenvalue weighted by Gasteiger charge is 2.53. The van der Waals surface area contributed by atoms with E-state index in [2.05, 4.69) is 55.3 Å². The van der Waals surface area contributed by atoms with Crippen LogP contribution in [0.4, 0.5) is 0 Å². The molecule has 1 spiro atoms. The predicted molar refractivity (Wildman–Crippen MR) is 84.9 cm³/mol. The smallest absolute Gasteiger partial charge is 0.244 e. The van der Waals surface area contributed by atoms with Crippen LogP contribution < -0.4 is 5.32 Å². The summed E-state index contributed by atoms with van der Waals surface area (Å²) in [5.41, 5.74) is 2.17. The molecule has 1 amide bonds. The summed E-state index contributed by atoms with van der Waals surface area (Å²) in [6, 6.07) is 8.86. The normalized spacial score (nSPS) is 25.8. The molecule has 3 nitrogen and oxygen atoms in total. The molecule has 1 N–H and O–H groups in total. The van der Waals surface area contributed by atoms with Crippen LogP contribution in [0, 0.1) is 6.92 Å². The summed E-state index contributed by atoms with van der Waals surface area (Å²) in [7, 11) is 0. The summed E-state index contributed by atoms with van der Waals surface area (Å²) in [5.74, 6) is 0.319. The lowest BCUT2D eigenvalue weighted by atomic mass is 9.97. The van der Waals surface area contributed by atoms with E-state index in [-0.39, 0.29) is 17.7 Å². The Labute approximate surface area is 127 Å². The van der Waals surface area contributed by atoms with Crippen LogP contribution in [-0.4, -0.2) is 22.4 Å². The first-order chi connectivity index (χ1) is 10.1. The van der Waals surface area contributed by atoms with E-state index in [4.69, 9.17) is 0 Å². The first-order valence-corrected chi connectivity index (χ1v) is 8.24. The zero-order chi connectivity index (χ0) is 15.0. The average molecular weight is 286 g/mol. The number of benzene rings is 1. The Balaban J connectivity index is 1.96. The van der Waals surface area contributed by atoms with Crippen molar-refractivity contribution in [1.82, 2.24) is 10.2 Å². The molecule has 2 atom stereocenters. The van der Waals surface area contributed by atoms with Gasteiger partial charge in [0.1, 0.15) is 6.17 Å². The zero-order valence-electron chi connectivity index (χ0n) is 13.4. The Morgan fingerprint density at radius 2 is 1.90 bits per heavy atom. The van der Waals surface area contributed by atoms with Crippen molar-refractivity contribution in [3.63, 3.8) is 0 Å². The lowest BCUT2D eigenvalue weighted by molar-refractivity contribution is -0.135. The van der Waals surface area contributed by atoms with Gasteiger partial charge in [0.2, 0.25) is 5.91 Å². The first-order valence-electron chi connectivity index (χ1n) is 8.24. The van der Waals surface area contributed by atoms with E-state index in [0.29, 0.717) is 5.91 Å². The van der Waals surface area contributed by atoms with Gasteiger partial charge in [-0.15, -0.1) is 0 Å². The third kappa shape index (κ3) is 2.38. The highest BCUT2D eigenvalue weighted by Crippen LogP contribution is 2.42. The fourth-order valence-corrected chi connectivity index (χ4v) is 3.74. The lowest BCUT2D eigenvalue weighted by Gasteiger charge is -2.30. The number of amides is 1. The summed E-state index contributed by atoms with van der Waals surface area (Å²) >= 11 is 0. The fourth-order valence-electron chi connectivity index (χ4n) is 3.74. The molecule has 1 saturated carbocycles. The maximum Gasteiger partial charge on any atom is 0.244 e. The molecule has 0 bridgehead atoms.